The van der Waals surface area contributed by atoms with E-state index < -0.39 is 0 Å². The SMILES string of the molecule is c1ccc(-c2cccc3c4ccccc4n(-c4ccc(-c5ccc(-c6cccc7c6sc6ccccc67)cc5)cc4)c23)cc1. The molecular weight excluding hydrogens is 551 g/mol. The van der Waals surface area contributed by atoms with Gasteiger partial charge in [-0.15, -0.1) is 11.3 Å². The van der Waals surface area contributed by atoms with Crippen molar-refractivity contribution in [2.75, 3.05) is 0 Å². The smallest absolute Gasteiger partial charge is 0.0619 e. The summed E-state index contributed by atoms with van der Waals surface area (Å²) >= 11 is 1.88. The van der Waals surface area contributed by atoms with E-state index in [4.69, 9.17) is 0 Å². The number of rotatable bonds is 4. The minimum atomic E-state index is 1.16. The van der Waals surface area contributed by atoms with Crippen molar-refractivity contribution < 1.29 is 0 Å². The van der Waals surface area contributed by atoms with Crippen molar-refractivity contribution in [3.8, 4) is 39.1 Å². The molecular formula is C42H27NS. The maximum Gasteiger partial charge on any atom is 0.0619 e. The lowest BCUT2D eigenvalue weighted by Gasteiger charge is -2.13. The number of benzene rings is 7. The Morgan fingerprint density at radius 3 is 1.73 bits per heavy atom. The summed E-state index contributed by atoms with van der Waals surface area (Å²) in [6.07, 6.45) is 0. The maximum absolute atomic E-state index is 2.42. The molecule has 9 rings (SSSR count). The van der Waals surface area contributed by atoms with Gasteiger partial charge in [-0.1, -0.05) is 140 Å². The fourth-order valence-electron chi connectivity index (χ4n) is 6.76. The molecule has 2 heteroatoms. The van der Waals surface area contributed by atoms with E-state index in [0.29, 0.717) is 0 Å². The maximum atomic E-state index is 2.42. The first-order valence-electron chi connectivity index (χ1n) is 15.0. The average Bonchev–Trinajstić information content (AvgIpc) is 3.65. The average molecular weight is 578 g/mol. The second-order valence-corrected chi connectivity index (χ2v) is 12.4. The van der Waals surface area contributed by atoms with Gasteiger partial charge >= 0.3 is 0 Å². The zero-order valence-electron chi connectivity index (χ0n) is 23.9. The third-order valence-corrected chi connectivity index (χ3v) is 10.1. The molecule has 0 atom stereocenters. The highest BCUT2D eigenvalue weighted by atomic mass is 32.1. The molecule has 2 aromatic heterocycles. The number of aromatic nitrogens is 1. The van der Waals surface area contributed by atoms with Crippen LogP contribution in [0.2, 0.25) is 0 Å². The van der Waals surface area contributed by atoms with Gasteiger partial charge in [-0.25, -0.2) is 0 Å². The Kier molecular flexibility index (Phi) is 5.75. The second-order valence-electron chi connectivity index (χ2n) is 11.3. The van der Waals surface area contributed by atoms with E-state index in [1.807, 2.05) is 11.3 Å². The van der Waals surface area contributed by atoms with Crippen LogP contribution in [0, 0.1) is 0 Å². The molecule has 0 saturated carbocycles. The quantitative estimate of drug-likeness (QED) is 0.196. The van der Waals surface area contributed by atoms with Gasteiger partial charge < -0.3 is 4.57 Å². The van der Waals surface area contributed by atoms with Gasteiger partial charge in [0, 0.05) is 42.2 Å². The molecule has 0 N–H and O–H groups in total. The first-order valence-corrected chi connectivity index (χ1v) is 15.8. The van der Waals surface area contributed by atoms with Gasteiger partial charge in [-0.2, -0.15) is 0 Å². The lowest BCUT2D eigenvalue weighted by atomic mass is 9.99. The topological polar surface area (TPSA) is 4.93 Å². The van der Waals surface area contributed by atoms with Gasteiger partial charge in [0.15, 0.2) is 0 Å². The Hall–Kier alpha value is -5.44. The molecule has 7 aromatic carbocycles. The molecule has 9 aromatic rings. The largest absolute Gasteiger partial charge is 0.309 e. The summed E-state index contributed by atoms with van der Waals surface area (Å²) in [5.74, 6) is 0. The molecule has 0 radical (unpaired) electrons. The van der Waals surface area contributed by atoms with Crippen molar-refractivity contribution in [1.29, 1.82) is 0 Å². The van der Waals surface area contributed by atoms with E-state index in [9.17, 15) is 0 Å². The van der Waals surface area contributed by atoms with E-state index >= 15 is 0 Å². The predicted octanol–water partition coefficient (Wildman–Crippen LogP) is 12.2. The van der Waals surface area contributed by atoms with Gasteiger partial charge in [0.25, 0.3) is 0 Å². The van der Waals surface area contributed by atoms with Crippen LogP contribution in [0.25, 0.3) is 81.0 Å². The van der Waals surface area contributed by atoms with Crippen LogP contribution in [0.15, 0.2) is 164 Å². The molecule has 0 fully saturated rings. The third-order valence-electron chi connectivity index (χ3n) is 8.84. The number of para-hydroxylation sites is 2. The number of nitrogens with zero attached hydrogens (tertiary/aromatic N) is 1. The molecule has 44 heavy (non-hydrogen) atoms. The summed E-state index contributed by atoms with van der Waals surface area (Å²) < 4.78 is 5.11. The highest BCUT2D eigenvalue weighted by Gasteiger charge is 2.16. The first kappa shape index (κ1) is 25.1. The molecule has 0 aliphatic carbocycles. The van der Waals surface area contributed by atoms with Crippen LogP contribution in [0.1, 0.15) is 0 Å². The number of thiophene rings is 1. The molecule has 0 spiro atoms. The van der Waals surface area contributed by atoms with Crippen molar-refractivity contribution >= 4 is 53.3 Å². The zero-order chi connectivity index (χ0) is 29.0. The van der Waals surface area contributed by atoms with Crippen LogP contribution in [0.5, 0.6) is 0 Å². The van der Waals surface area contributed by atoms with Crippen molar-refractivity contribution in [3.05, 3.63) is 164 Å². The van der Waals surface area contributed by atoms with Crippen molar-refractivity contribution in [1.82, 2.24) is 4.57 Å². The summed E-state index contributed by atoms with van der Waals surface area (Å²) in [6, 6.07) is 59.5. The van der Waals surface area contributed by atoms with E-state index in [2.05, 4.69) is 168 Å². The summed E-state index contributed by atoms with van der Waals surface area (Å²) in [5.41, 5.74) is 11.1. The highest BCUT2D eigenvalue weighted by molar-refractivity contribution is 7.26. The Labute approximate surface area is 259 Å². The van der Waals surface area contributed by atoms with E-state index in [1.165, 1.54) is 75.4 Å². The highest BCUT2D eigenvalue weighted by Crippen LogP contribution is 2.41. The lowest BCUT2D eigenvalue weighted by molar-refractivity contribution is 1.18. The molecule has 1 nitrogen and oxygen atoms in total. The van der Waals surface area contributed by atoms with Crippen LogP contribution in [-0.2, 0) is 0 Å². The summed E-state index contributed by atoms with van der Waals surface area (Å²) in [7, 11) is 0. The zero-order valence-corrected chi connectivity index (χ0v) is 24.8. The number of hydrogen-bond acceptors (Lipinski definition) is 1. The number of hydrogen-bond donors (Lipinski definition) is 0. The molecule has 206 valence electrons. The summed E-state index contributed by atoms with van der Waals surface area (Å²) in [4.78, 5) is 0. The molecule has 0 amide bonds. The Bertz CT molecular complexity index is 2460. The minimum absolute atomic E-state index is 1.16. The van der Waals surface area contributed by atoms with E-state index in [0.717, 1.165) is 5.69 Å². The second kappa shape index (κ2) is 10.1. The van der Waals surface area contributed by atoms with Gasteiger partial charge in [0.1, 0.15) is 0 Å². The lowest BCUT2D eigenvalue weighted by Crippen LogP contribution is -1.95. The standard InChI is InChI=1S/C42H27NS/c1-2-10-30(11-3-1)33-14-8-16-37-35-12-4-6-18-39(35)43(41(33)37)32-26-24-29(25-27-32)28-20-22-31(23-21-28)34-15-9-17-38-36-13-5-7-19-40(36)44-42(34)38/h1-27H. The fourth-order valence-corrected chi connectivity index (χ4v) is 8.00. The van der Waals surface area contributed by atoms with Crippen LogP contribution in [0.4, 0.5) is 0 Å². The van der Waals surface area contributed by atoms with Crippen LogP contribution in [-0.4, -0.2) is 4.57 Å². The Morgan fingerprint density at radius 1 is 0.364 bits per heavy atom. The van der Waals surface area contributed by atoms with Gasteiger partial charge in [0.2, 0.25) is 0 Å². The summed E-state index contributed by atoms with van der Waals surface area (Å²) in [6.45, 7) is 0. The first-order chi connectivity index (χ1) is 21.8. The number of fused-ring (bicyclic) bond motifs is 6. The van der Waals surface area contributed by atoms with Gasteiger partial charge in [-0.3, -0.25) is 0 Å². The van der Waals surface area contributed by atoms with E-state index in [1.54, 1.807) is 0 Å². The van der Waals surface area contributed by atoms with Crippen LogP contribution >= 0.6 is 11.3 Å². The molecule has 0 unspecified atom stereocenters. The molecule has 0 aliphatic heterocycles. The fraction of sp³-hybridized carbons (Fsp3) is 0. The van der Waals surface area contributed by atoms with Gasteiger partial charge in [0.05, 0.1) is 11.0 Å². The molecule has 0 bridgehead atoms. The molecule has 0 saturated heterocycles. The third kappa shape index (κ3) is 3.92. The normalized spacial score (nSPS) is 11.6. The van der Waals surface area contributed by atoms with Crippen molar-refractivity contribution in [2.24, 2.45) is 0 Å². The minimum Gasteiger partial charge on any atom is -0.309 e. The van der Waals surface area contributed by atoms with Crippen LogP contribution in [0.3, 0.4) is 0 Å². The van der Waals surface area contributed by atoms with Crippen LogP contribution < -0.4 is 0 Å². The van der Waals surface area contributed by atoms with Gasteiger partial charge in [-0.05, 0) is 52.1 Å². The Balaban J connectivity index is 1.12. The van der Waals surface area contributed by atoms with Crippen molar-refractivity contribution in [2.45, 2.75) is 0 Å². The van der Waals surface area contributed by atoms with Crippen molar-refractivity contribution in [3.63, 3.8) is 0 Å². The monoisotopic (exact) mass is 577 g/mol. The molecule has 0 aliphatic rings. The Morgan fingerprint density at radius 2 is 0.932 bits per heavy atom. The molecule has 2 heterocycles. The predicted molar refractivity (Wildman–Crippen MR) is 190 cm³/mol. The van der Waals surface area contributed by atoms with E-state index in [-0.39, 0.29) is 0 Å². The summed E-state index contributed by atoms with van der Waals surface area (Å²) in [5, 5.41) is 5.22.